The molecule has 6 nitrogen and oxygen atoms in total. The van der Waals surface area contributed by atoms with E-state index in [1.807, 2.05) is 6.08 Å². The Labute approximate surface area is 416 Å². The molecular formula is C61H113NO5. The zero-order chi connectivity index (χ0) is 48.6. The molecule has 0 saturated carbocycles. The Bertz CT molecular complexity index is 1130. The van der Waals surface area contributed by atoms with Gasteiger partial charge in [-0.3, -0.25) is 9.59 Å². The van der Waals surface area contributed by atoms with Gasteiger partial charge in [-0.25, -0.2) is 0 Å². The molecule has 6 heteroatoms. The second-order valence-corrected chi connectivity index (χ2v) is 20.0. The Morgan fingerprint density at radius 2 is 0.746 bits per heavy atom. The highest BCUT2D eigenvalue weighted by atomic mass is 16.5. The van der Waals surface area contributed by atoms with Gasteiger partial charge >= 0.3 is 5.97 Å². The fourth-order valence-electron chi connectivity index (χ4n) is 8.78. The van der Waals surface area contributed by atoms with Gasteiger partial charge in [0, 0.05) is 12.8 Å². The van der Waals surface area contributed by atoms with E-state index in [1.54, 1.807) is 6.08 Å². The van der Waals surface area contributed by atoms with Crippen LogP contribution in [0.1, 0.15) is 303 Å². The van der Waals surface area contributed by atoms with E-state index in [9.17, 15) is 19.8 Å². The Kier molecular flexibility index (Phi) is 54.6. The van der Waals surface area contributed by atoms with Crippen molar-refractivity contribution in [2.45, 2.75) is 315 Å². The number of carbonyl (C=O) groups excluding carboxylic acids is 2. The summed E-state index contributed by atoms with van der Waals surface area (Å²) in [5.41, 5.74) is 0. The summed E-state index contributed by atoms with van der Waals surface area (Å²) in [5.74, 6) is -0.102. The molecule has 2 unspecified atom stereocenters. The third-order valence-corrected chi connectivity index (χ3v) is 13.3. The third-order valence-electron chi connectivity index (χ3n) is 13.3. The van der Waals surface area contributed by atoms with Crippen molar-refractivity contribution in [1.29, 1.82) is 0 Å². The average molecular weight is 941 g/mol. The zero-order valence-electron chi connectivity index (χ0n) is 44.6. The number of hydrogen-bond acceptors (Lipinski definition) is 5. The predicted molar refractivity (Wildman–Crippen MR) is 292 cm³/mol. The van der Waals surface area contributed by atoms with Crippen LogP contribution in [0.25, 0.3) is 0 Å². The fraction of sp³-hybridized carbons (Fsp3) is 0.836. The summed E-state index contributed by atoms with van der Waals surface area (Å²) in [6.07, 6.45) is 71.3. The van der Waals surface area contributed by atoms with Gasteiger partial charge in [-0.1, -0.05) is 242 Å². The summed E-state index contributed by atoms with van der Waals surface area (Å²) in [5, 5.41) is 23.1. The first-order chi connectivity index (χ1) is 33.0. The van der Waals surface area contributed by atoms with Crippen LogP contribution in [-0.2, 0) is 14.3 Å². The molecule has 0 bridgehead atoms. The molecule has 0 radical (unpaired) electrons. The smallest absolute Gasteiger partial charge is 0.305 e. The van der Waals surface area contributed by atoms with Crippen molar-refractivity contribution in [3.05, 3.63) is 48.6 Å². The van der Waals surface area contributed by atoms with E-state index >= 15 is 0 Å². The van der Waals surface area contributed by atoms with Crippen molar-refractivity contribution in [2.75, 3.05) is 13.2 Å². The maximum atomic E-state index is 12.4. The Morgan fingerprint density at radius 3 is 1.15 bits per heavy atom. The summed E-state index contributed by atoms with van der Waals surface area (Å²) < 4.78 is 5.47. The van der Waals surface area contributed by atoms with Crippen LogP contribution < -0.4 is 5.32 Å². The highest BCUT2D eigenvalue weighted by Gasteiger charge is 2.18. The molecule has 0 rings (SSSR count). The molecule has 2 atom stereocenters. The van der Waals surface area contributed by atoms with Crippen molar-refractivity contribution in [2.24, 2.45) is 0 Å². The molecular weight excluding hydrogens is 827 g/mol. The molecule has 0 spiro atoms. The molecule has 0 fully saturated rings. The molecule has 392 valence electrons. The Morgan fingerprint density at radius 1 is 0.418 bits per heavy atom. The highest BCUT2D eigenvalue weighted by molar-refractivity contribution is 5.76. The van der Waals surface area contributed by atoms with E-state index in [0.717, 1.165) is 83.5 Å². The summed E-state index contributed by atoms with van der Waals surface area (Å²) >= 11 is 0. The largest absolute Gasteiger partial charge is 0.466 e. The van der Waals surface area contributed by atoms with Crippen LogP contribution in [0.4, 0.5) is 0 Å². The van der Waals surface area contributed by atoms with E-state index in [-0.39, 0.29) is 18.5 Å². The standard InChI is InChI=1S/C61H113NO5/c1-3-5-7-9-11-13-15-17-19-20-21-24-27-31-35-39-43-47-51-55-61(66)67-56-52-48-44-40-36-32-28-25-22-23-26-30-34-38-42-46-50-54-60(65)62-58(57-63)59(64)53-49-45-41-37-33-29-18-16-14-12-10-8-6-4-2/h17,19,22,25,32,36,49,53,58-59,63-64H,3-16,18,20-21,23-24,26-31,33-35,37-48,50-52,54-57H2,1-2H3,(H,62,65)/b19-17-,25-22-,36-32-,53-49+. The van der Waals surface area contributed by atoms with E-state index in [1.165, 1.54) is 193 Å². The SMILES string of the molecule is CCCCCCCC/C=C\CCCCCCCCCCCC(=O)OCCCCC/C=C\C/C=C\CCCCCCCCCC(=O)NC(CO)C(O)/C=C/CCCCCCCCCCCCCC. The Hall–Kier alpha value is -2.18. The lowest BCUT2D eigenvalue weighted by molar-refractivity contribution is -0.143. The molecule has 67 heavy (non-hydrogen) atoms. The lowest BCUT2D eigenvalue weighted by Gasteiger charge is -2.20. The van der Waals surface area contributed by atoms with Crippen molar-refractivity contribution < 1.29 is 24.5 Å². The number of amides is 1. The van der Waals surface area contributed by atoms with Gasteiger partial charge in [0.25, 0.3) is 0 Å². The molecule has 3 N–H and O–H groups in total. The minimum Gasteiger partial charge on any atom is -0.466 e. The maximum absolute atomic E-state index is 12.4. The number of aliphatic hydroxyl groups excluding tert-OH is 2. The first-order valence-corrected chi connectivity index (χ1v) is 29.4. The zero-order valence-corrected chi connectivity index (χ0v) is 44.6. The van der Waals surface area contributed by atoms with Gasteiger partial charge in [-0.2, -0.15) is 0 Å². The number of rotatable bonds is 54. The van der Waals surface area contributed by atoms with Crippen molar-refractivity contribution in [1.82, 2.24) is 5.32 Å². The number of hydrogen-bond donors (Lipinski definition) is 3. The van der Waals surface area contributed by atoms with Crippen LogP contribution >= 0.6 is 0 Å². The number of allylic oxidation sites excluding steroid dienone is 7. The number of unbranched alkanes of at least 4 members (excludes halogenated alkanes) is 37. The predicted octanol–water partition coefficient (Wildman–Crippen LogP) is 18.2. The van der Waals surface area contributed by atoms with Gasteiger partial charge in [0.05, 0.1) is 25.4 Å². The molecule has 0 aromatic heterocycles. The van der Waals surface area contributed by atoms with Crippen molar-refractivity contribution >= 4 is 11.9 Å². The second-order valence-electron chi connectivity index (χ2n) is 20.0. The van der Waals surface area contributed by atoms with Gasteiger partial charge in [0.2, 0.25) is 5.91 Å². The van der Waals surface area contributed by atoms with Gasteiger partial charge in [-0.05, 0) is 96.3 Å². The van der Waals surface area contributed by atoms with Gasteiger partial charge < -0.3 is 20.3 Å². The van der Waals surface area contributed by atoms with Crippen LogP contribution in [0.5, 0.6) is 0 Å². The van der Waals surface area contributed by atoms with Crippen LogP contribution in [0, 0.1) is 0 Å². The van der Waals surface area contributed by atoms with E-state index in [0.29, 0.717) is 19.4 Å². The van der Waals surface area contributed by atoms with Crippen LogP contribution in [-0.4, -0.2) is 47.4 Å². The lowest BCUT2D eigenvalue weighted by atomic mass is 10.0. The van der Waals surface area contributed by atoms with E-state index in [2.05, 4.69) is 55.6 Å². The molecule has 0 heterocycles. The molecule has 0 aromatic rings. The molecule has 0 aromatic carbocycles. The minimum atomic E-state index is -0.855. The fourth-order valence-corrected chi connectivity index (χ4v) is 8.78. The molecule has 1 amide bonds. The van der Waals surface area contributed by atoms with Crippen LogP contribution in [0.15, 0.2) is 48.6 Å². The first kappa shape index (κ1) is 64.8. The number of carbonyl (C=O) groups is 2. The maximum Gasteiger partial charge on any atom is 0.305 e. The van der Waals surface area contributed by atoms with E-state index < -0.39 is 12.1 Å². The highest BCUT2D eigenvalue weighted by Crippen LogP contribution is 2.16. The quantitative estimate of drug-likeness (QED) is 0.0321. The van der Waals surface area contributed by atoms with Gasteiger partial charge in [-0.15, -0.1) is 0 Å². The Balaban J connectivity index is 3.50. The van der Waals surface area contributed by atoms with Crippen LogP contribution in [0.2, 0.25) is 0 Å². The summed E-state index contributed by atoms with van der Waals surface area (Å²) in [7, 11) is 0. The molecule has 0 aliphatic carbocycles. The van der Waals surface area contributed by atoms with Crippen molar-refractivity contribution in [3.8, 4) is 0 Å². The third kappa shape index (κ3) is 53.0. The summed E-state index contributed by atoms with van der Waals surface area (Å²) in [4.78, 5) is 24.5. The van der Waals surface area contributed by atoms with Gasteiger partial charge in [0.15, 0.2) is 0 Å². The summed E-state index contributed by atoms with van der Waals surface area (Å²) in [6, 6.07) is -0.640. The second kappa shape index (κ2) is 56.4. The first-order valence-electron chi connectivity index (χ1n) is 29.4. The number of nitrogens with one attached hydrogen (secondary N) is 1. The normalized spacial score (nSPS) is 13.0. The minimum absolute atomic E-state index is 0.0173. The average Bonchev–Trinajstić information content (AvgIpc) is 3.33. The summed E-state index contributed by atoms with van der Waals surface area (Å²) in [6.45, 7) is 4.85. The van der Waals surface area contributed by atoms with Gasteiger partial charge in [0.1, 0.15) is 0 Å². The lowest BCUT2D eigenvalue weighted by Crippen LogP contribution is -2.45. The molecule has 0 aliphatic rings. The van der Waals surface area contributed by atoms with E-state index in [4.69, 9.17) is 4.74 Å². The van der Waals surface area contributed by atoms with Crippen LogP contribution in [0.3, 0.4) is 0 Å². The molecule has 0 aliphatic heterocycles. The number of ether oxygens (including phenoxy) is 1. The molecule has 0 saturated heterocycles. The number of esters is 1. The number of aliphatic hydroxyl groups is 2. The van der Waals surface area contributed by atoms with Crippen molar-refractivity contribution in [3.63, 3.8) is 0 Å². The monoisotopic (exact) mass is 940 g/mol. The topological polar surface area (TPSA) is 95.9 Å².